The quantitative estimate of drug-likeness (QED) is 0.551. The topological polar surface area (TPSA) is 56.7 Å². The number of halogens is 1. The van der Waals surface area contributed by atoms with Crippen LogP contribution in [0.3, 0.4) is 0 Å². The van der Waals surface area contributed by atoms with E-state index in [0.717, 1.165) is 35.8 Å². The molecule has 0 radical (unpaired) electrons. The summed E-state index contributed by atoms with van der Waals surface area (Å²) in [5.74, 6) is 3.37. The minimum Gasteiger partial charge on any atom is -0.493 e. The van der Waals surface area contributed by atoms with Crippen LogP contribution in [0.1, 0.15) is 5.56 Å². The molecule has 0 aliphatic heterocycles. The maximum atomic E-state index is 5.90. The van der Waals surface area contributed by atoms with E-state index in [0.29, 0.717) is 16.7 Å². The molecule has 1 aromatic heterocycles. The monoisotopic (exact) mass is 399 g/mol. The predicted octanol–water partition coefficient (Wildman–Crippen LogP) is 4.62. The van der Waals surface area contributed by atoms with Crippen molar-refractivity contribution in [2.24, 2.45) is 0 Å². The maximum absolute atomic E-state index is 5.90. The molecule has 0 unspecified atom stereocenters. The van der Waals surface area contributed by atoms with Gasteiger partial charge in [0.25, 0.3) is 0 Å². The molecule has 6 nitrogen and oxygen atoms in total. The number of aromatic nitrogens is 2. The molecule has 0 bridgehead atoms. The maximum Gasteiger partial charge on any atom is 0.224 e. The van der Waals surface area contributed by atoms with Crippen molar-refractivity contribution in [2.45, 2.75) is 6.42 Å². The molecule has 0 aliphatic rings. The summed E-state index contributed by atoms with van der Waals surface area (Å²) in [6.07, 6.45) is 2.32. The third-order valence-electron chi connectivity index (χ3n) is 4.24. The van der Waals surface area contributed by atoms with Crippen LogP contribution in [-0.2, 0) is 6.42 Å². The zero-order valence-electron chi connectivity index (χ0n) is 16.1. The molecule has 3 rings (SSSR count). The molecule has 7 heteroatoms. The fourth-order valence-electron chi connectivity index (χ4n) is 2.67. The first-order chi connectivity index (χ1) is 13.6. The number of benzene rings is 2. The van der Waals surface area contributed by atoms with Crippen molar-refractivity contribution in [3.63, 3.8) is 0 Å². The second kappa shape index (κ2) is 9.28. The molecule has 0 aliphatic carbocycles. The van der Waals surface area contributed by atoms with E-state index in [4.69, 9.17) is 25.8 Å². The molecule has 0 atom stereocenters. The molecule has 28 heavy (non-hydrogen) atoms. The number of hydrogen-bond donors (Lipinski definition) is 0. The van der Waals surface area contributed by atoms with Gasteiger partial charge in [0, 0.05) is 24.7 Å². The second-order valence-corrected chi connectivity index (χ2v) is 6.57. The largest absolute Gasteiger partial charge is 0.493 e. The summed E-state index contributed by atoms with van der Waals surface area (Å²) in [6, 6.07) is 14.9. The lowest BCUT2D eigenvalue weighted by Crippen LogP contribution is -2.21. The normalized spacial score (nSPS) is 10.4. The summed E-state index contributed by atoms with van der Waals surface area (Å²) < 4.78 is 16.4. The fourth-order valence-corrected chi connectivity index (χ4v) is 2.79. The first-order valence-corrected chi connectivity index (χ1v) is 9.14. The average molecular weight is 400 g/mol. The van der Waals surface area contributed by atoms with Crippen molar-refractivity contribution in [1.82, 2.24) is 9.97 Å². The van der Waals surface area contributed by atoms with Crippen LogP contribution in [0.25, 0.3) is 0 Å². The highest BCUT2D eigenvalue weighted by atomic mass is 35.5. The van der Waals surface area contributed by atoms with Crippen molar-refractivity contribution in [3.05, 3.63) is 65.4 Å². The van der Waals surface area contributed by atoms with Crippen molar-refractivity contribution >= 4 is 17.4 Å². The molecular formula is C21H22ClN3O3. The lowest BCUT2D eigenvalue weighted by atomic mass is 10.1. The molecular weight excluding hydrogens is 378 g/mol. The molecule has 0 saturated carbocycles. The lowest BCUT2D eigenvalue weighted by molar-refractivity contribution is 0.354. The van der Waals surface area contributed by atoms with Gasteiger partial charge in [-0.25, -0.2) is 9.97 Å². The Morgan fingerprint density at radius 1 is 0.929 bits per heavy atom. The smallest absolute Gasteiger partial charge is 0.224 e. The van der Waals surface area contributed by atoms with Crippen molar-refractivity contribution in [1.29, 1.82) is 0 Å². The Bertz CT molecular complexity index is 919. The van der Waals surface area contributed by atoms with E-state index in [1.807, 2.05) is 36.2 Å². The Morgan fingerprint density at radius 2 is 1.68 bits per heavy atom. The Hall–Kier alpha value is -2.99. The van der Waals surface area contributed by atoms with Gasteiger partial charge in [-0.15, -0.1) is 0 Å². The number of hydrogen-bond acceptors (Lipinski definition) is 6. The van der Waals surface area contributed by atoms with Crippen molar-refractivity contribution < 1.29 is 14.2 Å². The molecule has 0 N–H and O–H groups in total. The Labute approximate surface area is 169 Å². The Balaban J connectivity index is 1.64. The van der Waals surface area contributed by atoms with Gasteiger partial charge < -0.3 is 19.1 Å². The zero-order valence-corrected chi connectivity index (χ0v) is 16.8. The third kappa shape index (κ3) is 5.04. The Morgan fingerprint density at radius 3 is 2.39 bits per heavy atom. The van der Waals surface area contributed by atoms with E-state index in [1.54, 1.807) is 38.5 Å². The van der Waals surface area contributed by atoms with Crippen LogP contribution < -0.4 is 19.1 Å². The summed E-state index contributed by atoms with van der Waals surface area (Å²) in [4.78, 5) is 10.6. The summed E-state index contributed by atoms with van der Waals surface area (Å²) in [5, 5.41) is 0.658. The summed E-state index contributed by atoms with van der Waals surface area (Å²) in [7, 11) is 5.25. The van der Waals surface area contributed by atoms with Crippen LogP contribution in [0, 0.1) is 0 Å². The van der Waals surface area contributed by atoms with E-state index < -0.39 is 0 Å². The Kier molecular flexibility index (Phi) is 6.55. The fraction of sp³-hybridized carbons (Fsp3) is 0.238. The van der Waals surface area contributed by atoms with Gasteiger partial charge in [-0.3, -0.25) is 0 Å². The molecule has 0 spiro atoms. The van der Waals surface area contributed by atoms with Gasteiger partial charge in [0.15, 0.2) is 11.5 Å². The van der Waals surface area contributed by atoms with E-state index >= 15 is 0 Å². The van der Waals surface area contributed by atoms with Crippen LogP contribution in [0.5, 0.6) is 23.1 Å². The van der Waals surface area contributed by atoms with Gasteiger partial charge in [-0.1, -0.05) is 17.7 Å². The summed E-state index contributed by atoms with van der Waals surface area (Å²) >= 11 is 5.90. The van der Waals surface area contributed by atoms with Crippen LogP contribution in [0.15, 0.2) is 54.9 Å². The van der Waals surface area contributed by atoms with E-state index in [2.05, 4.69) is 9.97 Å². The molecule has 0 amide bonds. The standard InChI is InChI=1S/C21H22ClN3O3/c1-25(11-10-15-4-9-18(26-2)19(12-15)27-3)20-13-21(24-14-23-20)28-17-7-5-16(22)6-8-17/h4-9,12-14H,10-11H2,1-3H3. The third-order valence-corrected chi connectivity index (χ3v) is 4.49. The number of rotatable bonds is 8. The van der Waals surface area contributed by atoms with Gasteiger partial charge in [-0.05, 0) is 48.4 Å². The van der Waals surface area contributed by atoms with Gasteiger partial charge in [0.1, 0.15) is 17.9 Å². The lowest BCUT2D eigenvalue weighted by Gasteiger charge is -2.19. The summed E-state index contributed by atoms with van der Waals surface area (Å²) in [6.45, 7) is 0.771. The molecule has 146 valence electrons. The van der Waals surface area contributed by atoms with Crippen molar-refractivity contribution in [2.75, 3.05) is 32.7 Å². The van der Waals surface area contributed by atoms with Crippen LogP contribution in [0.4, 0.5) is 5.82 Å². The van der Waals surface area contributed by atoms with E-state index in [9.17, 15) is 0 Å². The summed E-state index contributed by atoms with van der Waals surface area (Å²) in [5.41, 5.74) is 1.15. The number of methoxy groups -OCH3 is 2. The highest BCUT2D eigenvalue weighted by Crippen LogP contribution is 2.28. The molecule has 3 aromatic rings. The number of nitrogens with zero attached hydrogens (tertiary/aromatic N) is 3. The van der Waals surface area contributed by atoms with Crippen LogP contribution in [-0.4, -0.2) is 37.8 Å². The van der Waals surface area contributed by atoms with Crippen LogP contribution in [0.2, 0.25) is 5.02 Å². The van der Waals surface area contributed by atoms with Crippen molar-refractivity contribution in [3.8, 4) is 23.1 Å². The highest BCUT2D eigenvalue weighted by Gasteiger charge is 2.09. The van der Waals surface area contributed by atoms with E-state index in [1.165, 1.54) is 6.33 Å². The first kappa shape index (κ1) is 19.8. The number of ether oxygens (including phenoxy) is 3. The SMILES string of the molecule is COc1ccc(CCN(C)c2cc(Oc3ccc(Cl)cc3)ncn2)cc1OC. The minimum atomic E-state index is 0.477. The van der Waals surface area contributed by atoms with E-state index in [-0.39, 0.29) is 0 Å². The van der Waals surface area contributed by atoms with Gasteiger partial charge in [0.2, 0.25) is 5.88 Å². The first-order valence-electron chi connectivity index (χ1n) is 8.76. The van der Waals surface area contributed by atoms with Crippen LogP contribution >= 0.6 is 11.6 Å². The predicted molar refractivity (Wildman–Crippen MR) is 110 cm³/mol. The average Bonchev–Trinajstić information content (AvgIpc) is 2.73. The van der Waals surface area contributed by atoms with Gasteiger partial charge in [0.05, 0.1) is 14.2 Å². The zero-order chi connectivity index (χ0) is 19.9. The minimum absolute atomic E-state index is 0.477. The molecule has 2 aromatic carbocycles. The van der Waals surface area contributed by atoms with Gasteiger partial charge >= 0.3 is 0 Å². The molecule has 0 saturated heterocycles. The molecule has 1 heterocycles. The second-order valence-electron chi connectivity index (χ2n) is 6.13. The molecule has 0 fully saturated rings. The number of anilines is 1. The highest BCUT2D eigenvalue weighted by molar-refractivity contribution is 6.30. The number of likely N-dealkylation sites (N-methyl/N-ethyl adjacent to an activating group) is 1. The van der Waals surface area contributed by atoms with Gasteiger partial charge in [-0.2, -0.15) is 0 Å².